The minimum Gasteiger partial charge on any atom is -0.481 e. The molecule has 49 heavy (non-hydrogen) atoms. The van der Waals surface area contributed by atoms with Crippen LogP contribution in [0.5, 0.6) is 0 Å². The van der Waals surface area contributed by atoms with E-state index in [1.165, 1.54) is 17.8 Å². The van der Waals surface area contributed by atoms with Crippen molar-refractivity contribution in [2.45, 2.75) is 81.0 Å². The van der Waals surface area contributed by atoms with Crippen molar-refractivity contribution >= 4 is 28.6 Å². The molecule has 6 rings (SSSR count). The Hall–Kier alpha value is -4.68. The monoisotopic (exact) mass is 682 g/mol. The molecule has 256 valence electrons. The molecular weight excluding hydrogens is 640 g/mol. The van der Waals surface area contributed by atoms with Crippen LogP contribution in [0.1, 0.15) is 75.4 Å². The van der Waals surface area contributed by atoms with Crippen LogP contribution in [0.2, 0.25) is 0 Å². The number of rotatable bonds is 4. The smallest absolute Gasteiger partial charge is 0.303 e. The summed E-state index contributed by atoms with van der Waals surface area (Å²) in [6.07, 6.45) is 9.09. The van der Waals surface area contributed by atoms with E-state index in [1.54, 1.807) is 28.3 Å². The second-order valence-corrected chi connectivity index (χ2v) is 14.8. The van der Waals surface area contributed by atoms with Crippen molar-refractivity contribution in [1.82, 2.24) is 29.7 Å². The van der Waals surface area contributed by atoms with Gasteiger partial charge in [-0.25, -0.2) is 19.9 Å². The number of nitrogens with zero attached hydrogens (tertiary/aromatic N) is 5. The van der Waals surface area contributed by atoms with Gasteiger partial charge in [-0.3, -0.25) is 9.78 Å². The van der Waals surface area contributed by atoms with Crippen LogP contribution in [-0.2, 0) is 30.2 Å². The van der Waals surface area contributed by atoms with Crippen molar-refractivity contribution in [1.29, 1.82) is 0 Å². The summed E-state index contributed by atoms with van der Waals surface area (Å²) in [6.45, 7) is 6.62. The van der Waals surface area contributed by atoms with Gasteiger partial charge in [-0.15, -0.1) is 0 Å². The molecule has 1 atom stereocenters. The van der Waals surface area contributed by atoms with Crippen LogP contribution in [0.15, 0.2) is 82.6 Å². The molecule has 1 aliphatic heterocycles. The van der Waals surface area contributed by atoms with Crippen LogP contribution in [0.25, 0.3) is 22.4 Å². The number of aryl methyl sites for hydroxylation is 2. The molecule has 0 radical (unpaired) electrons. The van der Waals surface area contributed by atoms with E-state index in [2.05, 4.69) is 42.9 Å². The first-order valence-electron chi connectivity index (χ1n) is 16.5. The fourth-order valence-corrected chi connectivity index (χ4v) is 7.51. The molecule has 4 bridgehead atoms. The number of carboxylic acids is 1. The second kappa shape index (κ2) is 13.7. The van der Waals surface area contributed by atoms with Gasteiger partial charge in [0.05, 0.1) is 16.9 Å². The number of H-pyrrole nitrogens is 1. The van der Waals surface area contributed by atoms with Gasteiger partial charge in [-0.1, -0.05) is 62.7 Å². The molecule has 4 heterocycles. The molecule has 0 aliphatic carbocycles. The number of hydrogen-bond acceptors (Lipinski definition) is 8. The summed E-state index contributed by atoms with van der Waals surface area (Å²) in [5, 5.41) is 16.7. The van der Waals surface area contributed by atoms with Crippen LogP contribution in [0.4, 0.5) is 4.39 Å². The average Bonchev–Trinajstić information content (AvgIpc) is 3.70. The predicted molar refractivity (Wildman–Crippen MR) is 190 cm³/mol. The molecule has 2 aromatic carbocycles. The number of aromatic amines is 1. The highest BCUT2D eigenvalue weighted by Crippen LogP contribution is 2.41. The lowest BCUT2D eigenvalue weighted by Gasteiger charge is -2.30. The number of benzene rings is 2. The molecule has 3 aromatic heterocycles. The fraction of sp³-hybridized carbons (Fsp3) is 0.351. The van der Waals surface area contributed by atoms with Crippen LogP contribution in [0.3, 0.4) is 0 Å². The Labute approximate surface area is 289 Å². The third-order valence-electron chi connectivity index (χ3n) is 9.65. The van der Waals surface area contributed by atoms with Crippen LogP contribution in [-0.4, -0.2) is 40.8 Å². The van der Waals surface area contributed by atoms with Crippen LogP contribution >= 0.6 is 11.8 Å². The highest BCUT2D eigenvalue weighted by atomic mass is 32.2. The van der Waals surface area contributed by atoms with E-state index in [-0.39, 0.29) is 24.2 Å². The Kier molecular flexibility index (Phi) is 9.54. The van der Waals surface area contributed by atoms with E-state index in [1.807, 2.05) is 37.4 Å². The first-order chi connectivity index (χ1) is 23.3. The van der Waals surface area contributed by atoms with Gasteiger partial charge in [0, 0.05) is 59.0 Å². The summed E-state index contributed by atoms with van der Waals surface area (Å²) < 4.78 is 17.6. The largest absolute Gasteiger partial charge is 0.481 e. The van der Waals surface area contributed by atoms with Crippen molar-refractivity contribution in [3.05, 3.63) is 101 Å². The van der Waals surface area contributed by atoms with E-state index >= 15 is 4.39 Å². The van der Waals surface area contributed by atoms with Crippen LogP contribution < -0.4 is 11.6 Å². The fourth-order valence-electron chi connectivity index (χ4n) is 6.52. The Morgan fingerprint density at radius 2 is 1.92 bits per heavy atom. The molecule has 0 fully saturated rings. The number of hydrogen-bond donors (Lipinski definition) is 4. The third kappa shape index (κ3) is 7.20. The summed E-state index contributed by atoms with van der Waals surface area (Å²) in [6, 6.07) is 15.3. The van der Waals surface area contributed by atoms with E-state index in [0.717, 1.165) is 52.7 Å². The first-order valence-corrected chi connectivity index (χ1v) is 17.3. The Bertz CT molecular complexity index is 2040. The lowest BCUT2D eigenvalue weighted by Crippen LogP contribution is -2.30. The summed E-state index contributed by atoms with van der Waals surface area (Å²) in [5.74, 6) is 6.64. The molecule has 0 saturated heterocycles. The zero-order valence-electron chi connectivity index (χ0n) is 28.3. The Balaban J connectivity index is 1.47. The SMILES string of the molecule is Cn1nc2nc1-c1cc(ccn1)Sc1c(F)cc3[nH]ccc3c1CN(N)/C=C(\N)C(C)(C)CCCC[C@]2(C)c1cccc(CCC(=O)O)c1. The number of carbonyl (C=O) groups is 1. The number of nitrogens with two attached hydrogens (primary N) is 2. The molecule has 0 amide bonds. The van der Waals surface area contributed by atoms with Gasteiger partial charge in [0.15, 0.2) is 11.6 Å². The summed E-state index contributed by atoms with van der Waals surface area (Å²) in [7, 11) is 1.86. The van der Waals surface area contributed by atoms with Crippen molar-refractivity contribution < 1.29 is 14.3 Å². The van der Waals surface area contributed by atoms with E-state index < -0.39 is 11.4 Å². The Morgan fingerprint density at radius 3 is 2.71 bits per heavy atom. The number of carboxylic acid groups (broad SMARTS) is 1. The predicted octanol–water partition coefficient (Wildman–Crippen LogP) is 7.05. The van der Waals surface area contributed by atoms with Crippen molar-refractivity contribution in [2.75, 3.05) is 0 Å². The first kappa shape index (κ1) is 34.2. The third-order valence-corrected chi connectivity index (χ3v) is 10.8. The normalized spacial score (nSPS) is 19.7. The maximum atomic E-state index is 15.8. The standard InChI is InChI=1S/C37H43FN8O2S/c1-36(2)14-5-6-15-37(3,24-9-7-8-23(18-24)10-11-32(47)48)35-43-34(45(4)44-35)30-19-25(12-16-42-30)49-33-27(21-46(40)22-31(36)39)26-13-17-41-29(26)20-28(33)38/h7-9,12-13,16-20,22,41H,5-6,10-11,14-15,21,39-40H2,1-4H3,(H,47,48)/b31-22-/t37-/m1/s1. The molecule has 0 unspecified atom stereocenters. The van der Waals surface area contributed by atoms with E-state index in [9.17, 15) is 9.90 Å². The average molecular weight is 683 g/mol. The second-order valence-electron chi connectivity index (χ2n) is 13.7. The summed E-state index contributed by atoms with van der Waals surface area (Å²) >= 11 is 1.31. The molecule has 0 spiro atoms. The van der Waals surface area contributed by atoms with Crippen molar-refractivity contribution in [2.24, 2.45) is 24.0 Å². The zero-order chi connectivity index (χ0) is 34.9. The van der Waals surface area contributed by atoms with E-state index in [0.29, 0.717) is 39.9 Å². The van der Waals surface area contributed by atoms with Crippen molar-refractivity contribution in [3.63, 3.8) is 0 Å². The lowest BCUT2D eigenvalue weighted by atomic mass is 9.75. The van der Waals surface area contributed by atoms with Gasteiger partial charge in [0.2, 0.25) is 0 Å². The number of aromatic nitrogens is 5. The number of allylic oxidation sites excluding steroid dienone is 1. The summed E-state index contributed by atoms with van der Waals surface area (Å²) in [4.78, 5) is 25.5. The number of hydrazine groups is 1. The Morgan fingerprint density at radius 1 is 1.12 bits per heavy atom. The maximum absolute atomic E-state index is 15.8. The number of fused-ring (bicyclic) bond motifs is 8. The summed E-state index contributed by atoms with van der Waals surface area (Å²) in [5.41, 5.74) is 10.5. The molecule has 10 nitrogen and oxygen atoms in total. The van der Waals surface area contributed by atoms with Crippen molar-refractivity contribution in [3.8, 4) is 11.5 Å². The van der Waals surface area contributed by atoms with Gasteiger partial charge < -0.3 is 20.8 Å². The topological polar surface area (TPSA) is 152 Å². The zero-order valence-corrected chi connectivity index (χ0v) is 29.1. The number of halogens is 1. The molecular formula is C37H43FN8O2S. The minimum atomic E-state index is -0.829. The number of pyridine rings is 1. The maximum Gasteiger partial charge on any atom is 0.303 e. The van der Waals surface area contributed by atoms with Gasteiger partial charge in [-0.2, -0.15) is 5.10 Å². The van der Waals surface area contributed by atoms with Gasteiger partial charge >= 0.3 is 5.97 Å². The van der Waals surface area contributed by atoms with E-state index in [4.69, 9.17) is 21.7 Å². The number of aliphatic carboxylic acids is 1. The quantitative estimate of drug-likeness (QED) is 0.146. The van der Waals surface area contributed by atoms with Gasteiger partial charge in [0.1, 0.15) is 11.5 Å². The number of nitrogens with one attached hydrogen (secondary N) is 1. The molecule has 12 heteroatoms. The van der Waals surface area contributed by atoms with Gasteiger partial charge in [0.25, 0.3) is 0 Å². The highest BCUT2D eigenvalue weighted by Gasteiger charge is 2.35. The molecule has 5 aromatic rings. The minimum absolute atomic E-state index is 0.0564. The molecule has 0 saturated carbocycles. The van der Waals surface area contributed by atoms with Crippen LogP contribution in [0, 0.1) is 11.2 Å². The molecule has 1 aliphatic rings. The molecule has 6 N–H and O–H groups in total. The highest BCUT2D eigenvalue weighted by molar-refractivity contribution is 7.99. The lowest BCUT2D eigenvalue weighted by molar-refractivity contribution is -0.136. The van der Waals surface area contributed by atoms with Gasteiger partial charge in [-0.05, 0) is 67.1 Å².